The fraction of sp³-hybridized carbons (Fsp3) is 0.316. The van der Waals surface area contributed by atoms with Crippen LogP contribution in [0.25, 0.3) is 0 Å². The lowest BCUT2D eigenvalue weighted by Crippen LogP contribution is -2.33. The number of carbonyl (C=O) groups excluding carboxylic acids is 1. The Labute approximate surface area is 153 Å². The van der Waals surface area contributed by atoms with Gasteiger partial charge in [0.05, 0.1) is 11.0 Å². The Morgan fingerprint density at radius 1 is 1.08 bits per heavy atom. The van der Waals surface area contributed by atoms with Gasteiger partial charge in [-0.15, -0.1) is 11.8 Å². The molecule has 0 radical (unpaired) electrons. The summed E-state index contributed by atoms with van der Waals surface area (Å²) in [6.07, 6.45) is 2.40. The molecule has 1 fully saturated rings. The van der Waals surface area contributed by atoms with Crippen LogP contribution in [0.15, 0.2) is 59.5 Å². The number of benzene rings is 2. The monoisotopic (exact) mass is 375 g/mol. The van der Waals surface area contributed by atoms with Crippen LogP contribution in [-0.2, 0) is 9.84 Å². The molecular formula is C19H21NO3S2. The zero-order chi connectivity index (χ0) is 17.9. The van der Waals surface area contributed by atoms with Crippen molar-refractivity contribution in [1.82, 2.24) is 4.90 Å². The van der Waals surface area contributed by atoms with Crippen LogP contribution in [0.2, 0.25) is 0 Å². The molecule has 6 heteroatoms. The molecule has 0 aromatic heterocycles. The molecule has 1 saturated heterocycles. The van der Waals surface area contributed by atoms with Gasteiger partial charge in [-0.25, -0.2) is 8.42 Å². The van der Waals surface area contributed by atoms with E-state index in [1.165, 1.54) is 0 Å². The van der Waals surface area contributed by atoms with Gasteiger partial charge in [0.25, 0.3) is 5.91 Å². The molecule has 0 aliphatic carbocycles. The Bertz CT molecular complexity index is 850. The zero-order valence-corrected chi connectivity index (χ0v) is 15.7. The summed E-state index contributed by atoms with van der Waals surface area (Å²) < 4.78 is 25.3. The van der Waals surface area contributed by atoms with Gasteiger partial charge in [-0.3, -0.25) is 4.79 Å². The van der Waals surface area contributed by atoms with Crippen molar-refractivity contribution in [3.05, 3.63) is 65.7 Å². The van der Waals surface area contributed by atoms with Crippen molar-refractivity contribution in [1.29, 1.82) is 0 Å². The first kappa shape index (κ1) is 18.0. The van der Waals surface area contributed by atoms with Gasteiger partial charge in [0.2, 0.25) is 0 Å². The number of thioether (sulfide) groups is 1. The number of sulfone groups is 1. The summed E-state index contributed by atoms with van der Waals surface area (Å²) in [5, 5.41) is -0.538. The quantitative estimate of drug-likeness (QED) is 0.772. The smallest absolute Gasteiger partial charge is 0.253 e. The highest BCUT2D eigenvalue weighted by Gasteiger charge is 2.32. The van der Waals surface area contributed by atoms with E-state index in [1.807, 2.05) is 54.8 Å². The van der Waals surface area contributed by atoms with E-state index in [2.05, 4.69) is 0 Å². The van der Waals surface area contributed by atoms with E-state index in [0.29, 0.717) is 18.5 Å². The van der Waals surface area contributed by atoms with E-state index in [4.69, 9.17) is 0 Å². The minimum Gasteiger partial charge on any atom is -0.338 e. The SMILES string of the molecule is CSc1cccc(C(=O)N2CC[C@H](c3ccccc3)S(=O)(=O)CC2)c1. The average Bonchev–Trinajstić information content (AvgIpc) is 2.80. The highest BCUT2D eigenvalue weighted by molar-refractivity contribution is 7.98. The number of amides is 1. The fourth-order valence-electron chi connectivity index (χ4n) is 3.13. The first-order valence-electron chi connectivity index (χ1n) is 8.21. The van der Waals surface area contributed by atoms with Crippen LogP contribution in [0.4, 0.5) is 0 Å². The molecule has 1 atom stereocenters. The first-order chi connectivity index (χ1) is 12.0. The van der Waals surface area contributed by atoms with E-state index in [-0.39, 0.29) is 18.2 Å². The van der Waals surface area contributed by atoms with E-state index < -0.39 is 15.1 Å². The molecule has 1 amide bonds. The van der Waals surface area contributed by atoms with Crippen molar-refractivity contribution in [2.24, 2.45) is 0 Å². The number of carbonyl (C=O) groups is 1. The maximum atomic E-state index is 12.8. The maximum Gasteiger partial charge on any atom is 0.253 e. The van der Waals surface area contributed by atoms with Gasteiger partial charge in [0.15, 0.2) is 9.84 Å². The van der Waals surface area contributed by atoms with Crippen LogP contribution in [0.1, 0.15) is 27.6 Å². The molecule has 0 N–H and O–H groups in total. The largest absolute Gasteiger partial charge is 0.338 e. The molecule has 1 aliphatic heterocycles. The fourth-order valence-corrected chi connectivity index (χ4v) is 5.38. The minimum atomic E-state index is -3.27. The standard InChI is InChI=1S/C19H21NO3S2/c1-24-17-9-5-8-16(14-17)19(21)20-11-10-18(25(22,23)13-12-20)15-6-3-2-4-7-15/h2-9,14,18H,10-13H2,1H3/t18-/m1/s1. The molecular weight excluding hydrogens is 354 g/mol. The average molecular weight is 376 g/mol. The zero-order valence-electron chi connectivity index (χ0n) is 14.1. The lowest BCUT2D eigenvalue weighted by Gasteiger charge is -2.20. The summed E-state index contributed by atoms with van der Waals surface area (Å²) in [5.41, 5.74) is 1.42. The van der Waals surface area contributed by atoms with Crippen LogP contribution in [0.3, 0.4) is 0 Å². The van der Waals surface area contributed by atoms with Crippen LogP contribution >= 0.6 is 11.8 Å². The molecule has 4 nitrogen and oxygen atoms in total. The topological polar surface area (TPSA) is 54.5 Å². The van der Waals surface area contributed by atoms with E-state index in [1.54, 1.807) is 22.7 Å². The van der Waals surface area contributed by atoms with Gasteiger partial charge in [0.1, 0.15) is 0 Å². The van der Waals surface area contributed by atoms with E-state index in [0.717, 1.165) is 10.5 Å². The van der Waals surface area contributed by atoms with Gasteiger partial charge >= 0.3 is 0 Å². The number of hydrogen-bond acceptors (Lipinski definition) is 4. The third kappa shape index (κ3) is 4.07. The summed E-state index contributed by atoms with van der Waals surface area (Å²) >= 11 is 1.58. The first-order valence-corrected chi connectivity index (χ1v) is 11.1. The van der Waals surface area contributed by atoms with Crippen molar-refractivity contribution in [3.8, 4) is 0 Å². The Hall–Kier alpha value is -1.79. The Morgan fingerprint density at radius 2 is 1.84 bits per heavy atom. The molecule has 1 aliphatic rings. The second-order valence-corrected chi connectivity index (χ2v) is 9.26. The summed E-state index contributed by atoms with van der Waals surface area (Å²) in [5.74, 6) is -0.0969. The third-order valence-corrected chi connectivity index (χ3v) is 7.37. The summed E-state index contributed by atoms with van der Waals surface area (Å²) in [4.78, 5) is 15.5. The van der Waals surface area contributed by atoms with Crippen LogP contribution in [-0.4, -0.2) is 44.3 Å². The highest BCUT2D eigenvalue weighted by atomic mass is 32.2. The normalized spacial score (nSPS) is 20.0. The van der Waals surface area contributed by atoms with Gasteiger partial charge in [0, 0.05) is 23.5 Å². The number of hydrogen-bond donors (Lipinski definition) is 0. The maximum absolute atomic E-state index is 12.8. The lowest BCUT2D eigenvalue weighted by atomic mass is 10.1. The molecule has 0 bridgehead atoms. The molecule has 3 rings (SSSR count). The van der Waals surface area contributed by atoms with Gasteiger partial charge < -0.3 is 4.90 Å². The molecule has 0 spiro atoms. The van der Waals surface area contributed by atoms with Gasteiger partial charge in [-0.05, 0) is 36.4 Å². The van der Waals surface area contributed by atoms with Gasteiger partial charge in [-0.1, -0.05) is 36.4 Å². The molecule has 1 heterocycles. The molecule has 0 unspecified atom stereocenters. The van der Waals surface area contributed by atoms with E-state index >= 15 is 0 Å². The van der Waals surface area contributed by atoms with Crippen molar-refractivity contribution in [2.75, 3.05) is 25.1 Å². The third-order valence-electron chi connectivity index (χ3n) is 4.52. The minimum absolute atomic E-state index is 0.000515. The highest BCUT2D eigenvalue weighted by Crippen LogP contribution is 2.29. The molecule has 2 aromatic rings. The molecule has 0 saturated carbocycles. The molecule has 132 valence electrons. The Kier molecular flexibility index (Phi) is 5.49. The van der Waals surface area contributed by atoms with Crippen molar-refractivity contribution < 1.29 is 13.2 Å². The Balaban J connectivity index is 1.81. The summed E-state index contributed by atoms with van der Waals surface area (Å²) in [6, 6.07) is 16.8. The summed E-state index contributed by atoms with van der Waals surface area (Å²) in [6.45, 7) is 0.690. The number of rotatable bonds is 3. The predicted molar refractivity (Wildman–Crippen MR) is 102 cm³/mol. The van der Waals surface area contributed by atoms with E-state index in [9.17, 15) is 13.2 Å². The summed E-state index contributed by atoms with van der Waals surface area (Å²) in [7, 11) is -3.27. The van der Waals surface area contributed by atoms with Gasteiger partial charge in [-0.2, -0.15) is 0 Å². The second-order valence-electron chi connectivity index (χ2n) is 6.08. The Morgan fingerprint density at radius 3 is 2.56 bits per heavy atom. The van der Waals surface area contributed by atoms with Crippen molar-refractivity contribution in [2.45, 2.75) is 16.6 Å². The molecule has 25 heavy (non-hydrogen) atoms. The number of nitrogens with zero attached hydrogens (tertiary/aromatic N) is 1. The predicted octanol–water partition coefficient (Wildman–Crippen LogP) is 3.41. The van der Waals surface area contributed by atoms with Crippen molar-refractivity contribution >= 4 is 27.5 Å². The second kappa shape index (κ2) is 7.62. The molecule has 2 aromatic carbocycles. The van der Waals surface area contributed by atoms with Crippen molar-refractivity contribution in [3.63, 3.8) is 0 Å². The van der Waals surface area contributed by atoms with Crippen LogP contribution in [0, 0.1) is 0 Å². The van der Waals surface area contributed by atoms with Crippen LogP contribution < -0.4 is 0 Å². The lowest BCUT2D eigenvalue weighted by molar-refractivity contribution is 0.0766. The van der Waals surface area contributed by atoms with Crippen LogP contribution in [0.5, 0.6) is 0 Å².